The lowest BCUT2D eigenvalue weighted by atomic mass is 9.94. The number of aliphatic carboxylic acids is 1. The van der Waals surface area contributed by atoms with E-state index in [2.05, 4.69) is 0 Å². The number of carbonyl (C=O) groups excluding carboxylic acids is 2. The summed E-state index contributed by atoms with van der Waals surface area (Å²) < 4.78 is 9.59. The molecule has 41 heavy (non-hydrogen) atoms. The molecule has 0 saturated carbocycles. The number of hydrogen-bond donors (Lipinski definition) is 7. The quantitative estimate of drug-likeness (QED) is 0.133. The molecule has 0 spiro atoms. The first kappa shape index (κ1) is 33.7. The number of aliphatic hydroxyl groups is 2. The molecule has 0 aliphatic heterocycles. The van der Waals surface area contributed by atoms with Crippen molar-refractivity contribution in [3.05, 3.63) is 69.8 Å². The smallest absolute Gasteiger partial charge is 0.339 e. The first-order chi connectivity index (χ1) is 19.1. The Bertz CT molecular complexity index is 1270. The highest BCUT2D eigenvalue weighted by Crippen LogP contribution is 2.16. The van der Waals surface area contributed by atoms with Crippen molar-refractivity contribution < 1.29 is 78.8 Å². The molecule has 0 radical (unpaired) electrons. The van der Waals surface area contributed by atoms with Crippen molar-refractivity contribution in [2.75, 3.05) is 26.4 Å². The summed E-state index contributed by atoms with van der Waals surface area (Å²) in [7, 11) is 0. The number of aliphatic hydroxyl groups excluding tert-OH is 2. The van der Waals surface area contributed by atoms with Gasteiger partial charge in [-0.15, -0.1) is 0 Å². The largest absolute Gasteiger partial charge is 0.481 e. The summed E-state index contributed by atoms with van der Waals surface area (Å²) in [6, 6.07) is 5.47. The predicted octanol–water partition coefficient (Wildman–Crippen LogP) is 0.555. The van der Waals surface area contributed by atoms with Crippen LogP contribution in [0, 0.1) is 5.41 Å². The van der Waals surface area contributed by atoms with E-state index in [1.165, 1.54) is 6.92 Å². The zero-order valence-corrected chi connectivity index (χ0v) is 21.1. The van der Waals surface area contributed by atoms with E-state index in [0.717, 1.165) is 36.4 Å². The number of rotatable bonds is 12. The minimum Gasteiger partial charge on any atom is -0.481 e. The van der Waals surface area contributed by atoms with E-state index in [4.69, 9.17) is 45.2 Å². The average molecular weight is 580 g/mol. The summed E-state index contributed by atoms with van der Waals surface area (Å²) in [5, 5.41) is 61.4. The van der Waals surface area contributed by atoms with Crippen molar-refractivity contribution in [2.45, 2.75) is 6.92 Å². The number of carboxylic acid groups (broad SMARTS) is 5. The topological polar surface area (TPSA) is 280 Å². The molecular weight excluding hydrogens is 556 g/mol. The Balaban J connectivity index is 0.000000803. The summed E-state index contributed by atoms with van der Waals surface area (Å²) in [6.07, 6.45) is 0. The third-order valence-electron chi connectivity index (χ3n) is 5.20. The van der Waals surface area contributed by atoms with E-state index in [0.29, 0.717) is 0 Å². The fourth-order valence-corrected chi connectivity index (χ4v) is 2.67. The Morgan fingerprint density at radius 3 is 1.15 bits per heavy atom. The van der Waals surface area contributed by atoms with E-state index < -0.39 is 95.9 Å². The molecule has 2 aromatic carbocycles. The van der Waals surface area contributed by atoms with Crippen molar-refractivity contribution in [3.63, 3.8) is 0 Å². The Labute approximate surface area is 229 Å². The summed E-state index contributed by atoms with van der Waals surface area (Å²) in [6.45, 7) is -0.975. The zero-order valence-electron chi connectivity index (χ0n) is 21.1. The standard InChI is InChI=1S/C20H14O12.C5H10O4/c21-15(22)9-1-3-11(17(25)26)13(7-9)19(29)31-5-6-32-20(30)14-8-10(16(23)24)2-4-12(14)18(27)28;1-5(2-6,3-7)4(8)9/h1-4,7-8H,5-6H2,(H,21,22)(H,23,24)(H,25,26)(H,27,28);6-7H,2-3H2,1H3,(H,8,9). The SMILES string of the molecule is CC(CO)(CO)C(=O)O.O=C(O)c1ccc(C(=O)O)c(C(=O)OCCOC(=O)c2cc(C(=O)O)ccc2C(=O)O)c1. The zero-order chi connectivity index (χ0) is 31.5. The Morgan fingerprint density at radius 2 is 0.927 bits per heavy atom. The molecule has 0 heterocycles. The number of esters is 2. The van der Waals surface area contributed by atoms with Gasteiger partial charge in [0.15, 0.2) is 0 Å². The van der Waals surface area contributed by atoms with E-state index in [-0.39, 0.29) is 11.1 Å². The number of benzene rings is 2. The van der Waals surface area contributed by atoms with Crippen LogP contribution in [-0.4, -0.2) is 104 Å². The molecule has 7 N–H and O–H groups in total. The number of ether oxygens (including phenoxy) is 2. The third kappa shape index (κ3) is 9.12. The molecule has 0 bridgehead atoms. The van der Waals surface area contributed by atoms with Gasteiger partial charge in [0.25, 0.3) is 0 Å². The summed E-state index contributed by atoms with van der Waals surface area (Å²) >= 11 is 0. The van der Waals surface area contributed by atoms with E-state index in [1.807, 2.05) is 0 Å². The molecule has 0 aromatic heterocycles. The molecule has 0 atom stereocenters. The van der Waals surface area contributed by atoms with E-state index >= 15 is 0 Å². The molecule has 0 amide bonds. The Kier molecular flexibility index (Phi) is 12.1. The molecule has 0 aliphatic rings. The highest BCUT2D eigenvalue weighted by molar-refractivity contribution is 6.05. The molecular formula is C25H24O16. The monoisotopic (exact) mass is 580 g/mol. The number of carbonyl (C=O) groups is 7. The van der Waals surface area contributed by atoms with Gasteiger partial charge in [0, 0.05) is 0 Å². The molecule has 0 aliphatic carbocycles. The predicted molar refractivity (Wildman–Crippen MR) is 131 cm³/mol. The van der Waals surface area contributed by atoms with Gasteiger partial charge in [-0.1, -0.05) is 0 Å². The van der Waals surface area contributed by atoms with E-state index in [1.54, 1.807) is 0 Å². The van der Waals surface area contributed by atoms with Crippen LogP contribution in [0.2, 0.25) is 0 Å². The molecule has 0 unspecified atom stereocenters. The molecule has 16 heteroatoms. The second kappa shape index (κ2) is 14.7. The molecule has 2 aromatic rings. The van der Waals surface area contributed by atoms with Gasteiger partial charge in [-0.3, -0.25) is 4.79 Å². The van der Waals surface area contributed by atoms with Gasteiger partial charge < -0.3 is 45.2 Å². The van der Waals surface area contributed by atoms with Crippen molar-refractivity contribution in [1.82, 2.24) is 0 Å². The second-order valence-corrected chi connectivity index (χ2v) is 8.20. The maximum atomic E-state index is 12.2. The normalized spacial score (nSPS) is 10.4. The van der Waals surface area contributed by atoms with E-state index in [9.17, 15) is 33.6 Å². The maximum Gasteiger partial charge on any atom is 0.339 e. The van der Waals surface area contributed by atoms with Crippen molar-refractivity contribution in [2.24, 2.45) is 5.41 Å². The third-order valence-corrected chi connectivity index (χ3v) is 5.20. The van der Waals surface area contributed by atoms with Crippen LogP contribution < -0.4 is 0 Å². The van der Waals surface area contributed by atoms with Crippen LogP contribution in [0.3, 0.4) is 0 Å². The van der Waals surface area contributed by atoms with Gasteiger partial charge in [0.1, 0.15) is 18.6 Å². The Morgan fingerprint density at radius 1 is 0.585 bits per heavy atom. The summed E-state index contributed by atoms with van der Waals surface area (Å²) in [4.78, 5) is 79.0. The van der Waals surface area contributed by atoms with Gasteiger partial charge in [-0.2, -0.15) is 0 Å². The van der Waals surface area contributed by atoms with Gasteiger partial charge in [0.2, 0.25) is 0 Å². The average Bonchev–Trinajstić information content (AvgIpc) is 2.93. The summed E-state index contributed by atoms with van der Waals surface area (Å²) in [5.41, 5.74) is -4.18. The van der Waals surface area contributed by atoms with Crippen LogP contribution in [-0.2, 0) is 14.3 Å². The van der Waals surface area contributed by atoms with Crippen LogP contribution in [0.15, 0.2) is 36.4 Å². The lowest BCUT2D eigenvalue weighted by molar-refractivity contribution is -0.152. The number of hydrogen-bond acceptors (Lipinski definition) is 11. The first-order valence-electron chi connectivity index (χ1n) is 11.1. The minimum atomic E-state index is -1.50. The Hall–Kier alpha value is -5.35. The highest BCUT2D eigenvalue weighted by atomic mass is 16.6. The lowest BCUT2D eigenvalue weighted by Gasteiger charge is -2.17. The first-order valence-corrected chi connectivity index (χ1v) is 11.1. The number of carboxylic acids is 5. The van der Waals surface area contributed by atoms with Crippen LogP contribution in [0.5, 0.6) is 0 Å². The van der Waals surface area contributed by atoms with Crippen molar-refractivity contribution in [1.29, 1.82) is 0 Å². The molecule has 0 fully saturated rings. The molecule has 220 valence electrons. The molecule has 0 saturated heterocycles. The minimum absolute atomic E-state index is 0.354. The molecule has 16 nitrogen and oxygen atoms in total. The van der Waals surface area contributed by atoms with Crippen molar-refractivity contribution >= 4 is 41.8 Å². The number of aromatic carboxylic acids is 4. The van der Waals surface area contributed by atoms with Crippen LogP contribution >= 0.6 is 0 Å². The lowest BCUT2D eigenvalue weighted by Crippen LogP contribution is -2.35. The van der Waals surface area contributed by atoms with Crippen molar-refractivity contribution in [3.8, 4) is 0 Å². The van der Waals surface area contributed by atoms with Crippen LogP contribution in [0.25, 0.3) is 0 Å². The maximum absolute atomic E-state index is 12.2. The van der Waals surface area contributed by atoms with Gasteiger partial charge in [-0.05, 0) is 43.3 Å². The van der Waals surface area contributed by atoms with Gasteiger partial charge in [-0.25, -0.2) is 28.8 Å². The second-order valence-electron chi connectivity index (χ2n) is 8.20. The van der Waals surface area contributed by atoms with Crippen LogP contribution in [0.1, 0.15) is 69.1 Å². The van der Waals surface area contributed by atoms with Crippen LogP contribution in [0.4, 0.5) is 0 Å². The van der Waals surface area contributed by atoms with Gasteiger partial charge >= 0.3 is 41.8 Å². The highest BCUT2D eigenvalue weighted by Gasteiger charge is 2.31. The fourth-order valence-electron chi connectivity index (χ4n) is 2.67. The summed E-state index contributed by atoms with van der Waals surface area (Å²) in [5.74, 6) is -9.38. The van der Waals surface area contributed by atoms with Gasteiger partial charge in [0.05, 0.1) is 46.6 Å². The fraction of sp³-hybridized carbons (Fsp3) is 0.240. The molecule has 2 rings (SSSR count).